The van der Waals surface area contributed by atoms with Crippen LogP contribution in [-0.4, -0.2) is 11.1 Å². The minimum Gasteiger partial charge on any atom is -0.371 e. The molecule has 0 aliphatic carbocycles. The second-order valence-electron chi connectivity index (χ2n) is 4.19. The quantitative estimate of drug-likeness (QED) is 0.669. The van der Waals surface area contributed by atoms with Gasteiger partial charge in [-0.1, -0.05) is 25.1 Å². The third-order valence-electron chi connectivity index (χ3n) is 2.94. The van der Waals surface area contributed by atoms with E-state index in [0.29, 0.717) is 0 Å². The van der Waals surface area contributed by atoms with Crippen LogP contribution in [0.15, 0.2) is 30.3 Å². The molecule has 1 unspecified atom stereocenters. The van der Waals surface area contributed by atoms with Crippen LogP contribution >= 0.6 is 0 Å². The summed E-state index contributed by atoms with van der Waals surface area (Å²) in [6.45, 7) is 4.51. The van der Waals surface area contributed by atoms with Gasteiger partial charge < -0.3 is 9.88 Å². The maximum Gasteiger partial charge on any atom is 0.106 e. The standard InChI is InChI=1S/C12H14N2/c1-9-7-13-12-6-10-4-2-3-5-11(10)14(12)8-9/h2-6,9,13H,7-8H2,1H3. The van der Waals surface area contributed by atoms with Crippen LogP contribution in [0.1, 0.15) is 6.92 Å². The van der Waals surface area contributed by atoms with Gasteiger partial charge in [-0.15, -0.1) is 0 Å². The lowest BCUT2D eigenvalue weighted by Gasteiger charge is -2.23. The van der Waals surface area contributed by atoms with Crippen molar-refractivity contribution in [3.8, 4) is 0 Å². The van der Waals surface area contributed by atoms with Crippen molar-refractivity contribution in [2.45, 2.75) is 13.5 Å². The van der Waals surface area contributed by atoms with Crippen molar-refractivity contribution >= 4 is 16.7 Å². The normalized spacial score (nSPS) is 20.5. The van der Waals surface area contributed by atoms with Crippen molar-refractivity contribution in [1.29, 1.82) is 0 Å². The predicted molar refractivity (Wildman–Crippen MR) is 59.6 cm³/mol. The van der Waals surface area contributed by atoms with Crippen molar-refractivity contribution in [3.63, 3.8) is 0 Å². The molecule has 0 fully saturated rings. The summed E-state index contributed by atoms with van der Waals surface area (Å²) in [5, 5.41) is 4.80. The molecule has 0 radical (unpaired) electrons. The summed E-state index contributed by atoms with van der Waals surface area (Å²) >= 11 is 0. The molecule has 1 atom stereocenters. The Morgan fingerprint density at radius 2 is 2.21 bits per heavy atom. The molecule has 0 spiro atoms. The summed E-state index contributed by atoms with van der Waals surface area (Å²) in [4.78, 5) is 0. The zero-order valence-electron chi connectivity index (χ0n) is 8.33. The summed E-state index contributed by atoms with van der Waals surface area (Å²) in [7, 11) is 0. The number of anilines is 1. The van der Waals surface area contributed by atoms with Crippen LogP contribution < -0.4 is 5.32 Å². The number of aromatic nitrogens is 1. The summed E-state index contributed by atoms with van der Waals surface area (Å²) in [6.07, 6.45) is 0. The Bertz CT molecular complexity index is 470. The Balaban J connectivity index is 2.25. The maximum absolute atomic E-state index is 3.46. The van der Waals surface area contributed by atoms with E-state index in [4.69, 9.17) is 0 Å². The van der Waals surface area contributed by atoms with Gasteiger partial charge in [-0.25, -0.2) is 0 Å². The molecule has 1 aromatic heterocycles. The van der Waals surface area contributed by atoms with E-state index >= 15 is 0 Å². The van der Waals surface area contributed by atoms with Crippen molar-refractivity contribution in [3.05, 3.63) is 30.3 Å². The molecular formula is C12H14N2. The lowest BCUT2D eigenvalue weighted by molar-refractivity contribution is 0.489. The third-order valence-corrected chi connectivity index (χ3v) is 2.94. The molecule has 2 heteroatoms. The number of hydrogen-bond acceptors (Lipinski definition) is 1. The SMILES string of the molecule is CC1CNc2cc3ccccc3n2C1. The monoisotopic (exact) mass is 186 g/mol. The molecular weight excluding hydrogens is 172 g/mol. The van der Waals surface area contributed by atoms with Crippen LogP contribution in [0.5, 0.6) is 0 Å². The number of nitrogens with one attached hydrogen (secondary N) is 1. The molecule has 2 heterocycles. The van der Waals surface area contributed by atoms with E-state index in [0.717, 1.165) is 19.0 Å². The molecule has 1 aliphatic heterocycles. The van der Waals surface area contributed by atoms with E-state index in [9.17, 15) is 0 Å². The van der Waals surface area contributed by atoms with E-state index in [1.807, 2.05) is 0 Å². The Hall–Kier alpha value is -1.44. The number of para-hydroxylation sites is 1. The van der Waals surface area contributed by atoms with Crippen LogP contribution in [0.2, 0.25) is 0 Å². The Kier molecular flexibility index (Phi) is 1.57. The maximum atomic E-state index is 3.46. The molecule has 2 aromatic rings. The van der Waals surface area contributed by atoms with Crippen LogP contribution in [0.4, 0.5) is 5.82 Å². The van der Waals surface area contributed by atoms with Gasteiger partial charge in [0.25, 0.3) is 0 Å². The first-order chi connectivity index (χ1) is 6.84. The molecule has 0 saturated heterocycles. The lowest BCUT2D eigenvalue weighted by atomic mass is 10.1. The van der Waals surface area contributed by atoms with Crippen LogP contribution in [0, 0.1) is 5.92 Å². The lowest BCUT2D eigenvalue weighted by Crippen LogP contribution is -2.24. The first-order valence-electron chi connectivity index (χ1n) is 5.17. The van der Waals surface area contributed by atoms with Crippen LogP contribution in [0.3, 0.4) is 0 Å². The number of rotatable bonds is 0. The Labute approximate surface area is 83.5 Å². The topological polar surface area (TPSA) is 17.0 Å². The van der Waals surface area contributed by atoms with Gasteiger partial charge in [0.15, 0.2) is 0 Å². The molecule has 1 aromatic carbocycles. The van der Waals surface area contributed by atoms with Crippen molar-refractivity contribution in [2.75, 3.05) is 11.9 Å². The van der Waals surface area contributed by atoms with Gasteiger partial charge in [0.05, 0.1) is 0 Å². The molecule has 0 amide bonds. The predicted octanol–water partition coefficient (Wildman–Crippen LogP) is 2.70. The van der Waals surface area contributed by atoms with Gasteiger partial charge in [0.1, 0.15) is 5.82 Å². The van der Waals surface area contributed by atoms with Crippen LogP contribution in [-0.2, 0) is 6.54 Å². The molecule has 3 rings (SSSR count). The van der Waals surface area contributed by atoms with Gasteiger partial charge in [0, 0.05) is 24.0 Å². The second kappa shape index (κ2) is 2.77. The number of fused-ring (bicyclic) bond motifs is 3. The van der Waals surface area contributed by atoms with Crippen LogP contribution in [0.25, 0.3) is 10.9 Å². The van der Waals surface area contributed by atoms with Crippen molar-refractivity contribution < 1.29 is 0 Å². The summed E-state index contributed by atoms with van der Waals surface area (Å²) < 4.78 is 2.38. The van der Waals surface area contributed by atoms with Crippen molar-refractivity contribution in [2.24, 2.45) is 5.92 Å². The number of nitrogens with zero attached hydrogens (tertiary/aromatic N) is 1. The fourth-order valence-corrected chi connectivity index (χ4v) is 2.21. The molecule has 2 nitrogen and oxygen atoms in total. The van der Waals surface area contributed by atoms with Gasteiger partial charge in [0.2, 0.25) is 0 Å². The molecule has 14 heavy (non-hydrogen) atoms. The van der Waals surface area contributed by atoms with E-state index < -0.39 is 0 Å². The summed E-state index contributed by atoms with van der Waals surface area (Å²) in [6, 6.07) is 10.8. The first kappa shape index (κ1) is 7.92. The summed E-state index contributed by atoms with van der Waals surface area (Å²) in [5.74, 6) is 1.99. The highest BCUT2D eigenvalue weighted by Crippen LogP contribution is 2.27. The fraction of sp³-hybridized carbons (Fsp3) is 0.333. The first-order valence-corrected chi connectivity index (χ1v) is 5.17. The van der Waals surface area contributed by atoms with E-state index in [-0.39, 0.29) is 0 Å². The Morgan fingerprint density at radius 3 is 3.14 bits per heavy atom. The number of hydrogen-bond donors (Lipinski definition) is 1. The molecule has 1 aliphatic rings. The highest BCUT2D eigenvalue weighted by atomic mass is 15.1. The molecule has 72 valence electrons. The Morgan fingerprint density at radius 1 is 1.36 bits per heavy atom. The van der Waals surface area contributed by atoms with Crippen molar-refractivity contribution in [1.82, 2.24) is 4.57 Å². The number of benzene rings is 1. The highest BCUT2D eigenvalue weighted by molar-refractivity contribution is 5.85. The van der Waals surface area contributed by atoms with E-state index in [1.165, 1.54) is 16.7 Å². The molecule has 1 N–H and O–H groups in total. The minimum absolute atomic E-state index is 0.721. The van der Waals surface area contributed by atoms with Gasteiger partial charge in [-0.3, -0.25) is 0 Å². The average molecular weight is 186 g/mol. The van der Waals surface area contributed by atoms with Gasteiger partial charge in [-0.2, -0.15) is 0 Å². The molecule has 0 saturated carbocycles. The zero-order chi connectivity index (χ0) is 9.54. The average Bonchev–Trinajstić information content (AvgIpc) is 2.56. The minimum atomic E-state index is 0.721. The van der Waals surface area contributed by atoms with E-state index in [1.54, 1.807) is 0 Å². The third kappa shape index (κ3) is 1.03. The summed E-state index contributed by atoms with van der Waals surface area (Å²) in [5.41, 5.74) is 1.35. The van der Waals surface area contributed by atoms with Gasteiger partial charge in [-0.05, 0) is 18.1 Å². The highest BCUT2D eigenvalue weighted by Gasteiger charge is 2.15. The fourth-order valence-electron chi connectivity index (χ4n) is 2.21. The smallest absolute Gasteiger partial charge is 0.106 e. The largest absolute Gasteiger partial charge is 0.371 e. The second-order valence-corrected chi connectivity index (χ2v) is 4.19. The van der Waals surface area contributed by atoms with Gasteiger partial charge >= 0.3 is 0 Å². The zero-order valence-corrected chi connectivity index (χ0v) is 8.33. The van der Waals surface area contributed by atoms with E-state index in [2.05, 4.69) is 47.1 Å². The molecule has 0 bridgehead atoms.